The van der Waals surface area contributed by atoms with Gasteiger partial charge in [0.1, 0.15) is 19.0 Å². The number of fused-ring (bicyclic) bond motifs is 1. The first-order chi connectivity index (χ1) is 13.2. The van der Waals surface area contributed by atoms with Gasteiger partial charge in [-0.2, -0.15) is 0 Å². The Morgan fingerprint density at radius 3 is 2.81 bits per heavy atom. The van der Waals surface area contributed by atoms with Crippen LogP contribution in [0.1, 0.15) is 5.56 Å². The highest BCUT2D eigenvalue weighted by molar-refractivity contribution is 5.84. The van der Waals surface area contributed by atoms with Crippen molar-refractivity contribution in [2.24, 2.45) is 5.73 Å². The van der Waals surface area contributed by atoms with Crippen LogP contribution in [0, 0.1) is 5.41 Å². The van der Waals surface area contributed by atoms with Crippen LogP contribution in [-0.2, 0) is 11.4 Å². The average Bonchev–Trinajstić information content (AvgIpc) is 2.73. The molecule has 1 aliphatic rings. The van der Waals surface area contributed by atoms with E-state index in [9.17, 15) is 4.79 Å². The Morgan fingerprint density at radius 2 is 2.07 bits per heavy atom. The minimum atomic E-state index is -0.786. The maximum absolute atomic E-state index is 12.2. The van der Waals surface area contributed by atoms with Gasteiger partial charge in [0.15, 0.2) is 11.5 Å². The highest BCUT2D eigenvalue weighted by Crippen LogP contribution is 2.35. The lowest BCUT2D eigenvalue weighted by Crippen LogP contribution is -2.44. The van der Waals surface area contributed by atoms with Crippen molar-refractivity contribution in [2.75, 3.05) is 13.2 Å². The number of amides is 1. The molecule has 140 valence electrons. The molecule has 1 amide bonds. The van der Waals surface area contributed by atoms with Crippen molar-refractivity contribution < 1.29 is 19.0 Å². The summed E-state index contributed by atoms with van der Waals surface area (Å²) >= 11 is 0. The van der Waals surface area contributed by atoms with E-state index in [0.717, 1.165) is 11.8 Å². The fourth-order valence-corrected chi connectivity index (χ4v) is 2.47. The van der Waals surface area contributed by atoms with Crippen LogP contribution in [0.3, 0.4) is 0 Å². The number of ether oxygens (including phenoxy) is 3. The molecule has 2 aromatic rings. The van der Waals surface area contributed by atoms with E-state index >= 15 is 0 Å². The number of hydrogen-bond acceptors (Lipinski definition) is 6. The average molecular weight is 367 g/mol. The van der Waals surface area contributed by atoms with E-state index < -0.39 is 6.10 Å². The van der Waals surface area contributed by atoms with E-state index in [-0.39, 0.29) is 19.1 Å². The summed E-state index contributed by atoms with van der Waals surface area (Å²) in [7, 11) is 0. The van der Waals surface area contributed by atoms with Gasteiger partial charge in [-0.25, -0.2) is 0 Å². The molecule has 0 aliphatic carbocycles. The lowest BCUT2D eigenvalue weighted by Gasteiger charge is -2.26. The SMILES string of the molecule is N=CC(=CN)CNC(=O)C1COc2ccc(OCc3ccccc3)cc2O1. The smallest absolute Gasteiger partial charge is 0.264 e. The van der Waals surface area contributed by atoms with E-state index in [2.05, 4.69) is 5.32 Å². The van der Waals surface area contributed by atoms with Crippen LogP contribution in [0.15, 0.2) is 60.3 Å². The topological polar surface area (TPSA) is 107 Å². The molecule has 1 aliphatic heterocycles. The predicted octanol–water partition coefficient (Wildman–Crippen LogP) is 2.01. The van der Waals surface area contributed by atoms with Gasteiger partial charge in [0.25, 0.3) is 5.91 Å². The summed E-state index contributed by atoms with van der Waals surface area (Å²) in [4.78, 5) is 12.2. The van der Waals surface area contributed by atoms with Crippen LogP contribution in [0.4, 0.5) is 0 Å². The maximum atomic E-state index is 12.2. The molecule has 3 rings (SSSR count). The van der Waals surface area contributed by atoms with Gasteiger partial charge >= 0.3 is 0 Å². The van der Waals surface area contributed by atoms with E-state index in [0.29, 0.717) is 29.4 Å². The zero-order chi connectivity index (χ0) is 19.1. The van der Waals surface area contributed by atoms with Gasteiger partial charge in [0.05, 0.1) is 0 Å². The molecule has 0 radical (unpaired) electrons. The first kappa shape index (κ1) is 18.3. The number of carbonyl (C=O) groups is 1. The Kier molecular flexibility index (Phi) is 5.94. The Balaban J connectivity index is 1.60. The summed E-state index contributed by atoms with van der Waals surface area (Å²) in [6.07, 6.45) is 1.58. The van der Waals surface area contributed by atoms with E-state index in [1.54, 1.807) is 18.2 Å². The van der Waals surface area contributed by atoms with Gasteiger partial charge in [0.2, 0.25) is 6.10 Å². The molecule has 0 saturated heterocycles. The van der Waals surface area contributed by atoms with Crippen LogP contribution in [0.2, 0.25) is 0 Å². The molecule has 0 saturated carbocycles. The molecule has 1 unspecified atom stereocenters. The van der Waals surface area contributed by atoms with Gasteiger partial charge < -0.3 is 30.7 Å². The molecule has 0 aromatic heterocycles. The van der Waals surface area contributed by atoms with Crippen LogP contribution in [0.25, 0.3) is 0 Å². The lowest BCUT2D eigenvalue weighted by atomic mass is 10.2. The van der Waals surface area contributed by atoms with Crippen molar-refractivity contribution in [2.45, 2.75) is 12.7 Å². The highest BCUT2D eigenvalue weighted by Gasteiger charge is 2.27. The van der Waals surface area contributed by atoms with E-state index in [1.165, 1.54) is 6.20 Å². The molecule has 1 heterocycles. The second-order valence-corrected chi connectivity index (χ2v) is 5.90. The molecule has 4 N–H and O–H groups in total. The minimum absolute atomic E-state index is 0.106. The third-order valence-electron chi connectivity index (χ3n) is 3.98. The summed E-state index contributed by atoms with van der Waals surface area (Å²) < 4.78 is 17.1. The molecular weight excluding hydrogens is 346 g/mol. The number of nitrogens with one attached hydrogen (secondary N) is 2. The van der Waals surface area contributed by atoms with Crippen molar-refractivity contribution in [1.82, 2.24) is 5.32 Å². The molecule has 1 atom stereocenters. The minimum Gasteiger partial charge on any atom is -0.489 e. The summed E-state index contributed by atoms with van der Waals surface area (Å²) in [6, 6.07) is 15.1. The fourth-order valence-electron chi connectivity index (χ4n) is 2.47. The van der Waals surface area contributed by atoms with Gasteiger partial charge in [-0.15, -0.1) is 0 Å². The third kappa shape index (κ3) is 4.78. The number of hydrogen-bond donors (Lipinski definition) is 3. The second kappa shape index (κ2) is 8.75. The molecule has 27 heavy (non-hydrogen) atoms. The number of rotatable bonds is 7. The summed E-state index contributed by atoms with van der Waals surface area (Å²) in [6.45, 7) is 0.698. The lowest BCUT2D eigenvalue weighted by molar-refractivity contribution is -0.130. The van der Waals surface area contributed by atoms with Gasteiger partial charge in [-0.1, -0.05) is 30.3 Å². The van der Waals surface area contributed by atoms with Gasteiger partial charge in [-0.05, 0) is 17.7 Å². The third-order valence-corrected chi connectivity index (χ3v) is 3.98. The number of carbonyl (C=O) groups excluding carboxylic acids is 1. The first-order valence-corrected chi connectivity index (χ1v) is 8.49. The van der Waals surface area contributed by atoms with Crippen molar-refractivity contribution in [3.8, 4) is 17.2 Å². The first-order valence-electron chi connectivity index (χ1n) is 8.49. The molecule has 0 bridgehead atoms. The zero-order valence-electron chi connectivity index (χ0n) is 14.7. The fraction of sp³-hybridized carbons (Fsp3) is 0.200. The molecule has 7 heteroatoms. The largest absolute Gasteiger partial charge is 0.489 e. The molecular formula is C20H21N3O4. The monoisotopic (exact) mass is 367 g/mol. The Bertz CT molecular complexity index is 836. The second-order valence-electron chi connectivity index (χ2n) is 5.90. The van der Waals surface area contributed by atoms with Crippen molar-refractivity contribution in [3.05, 3.63) is 65.9 Å². The summed E-state index contributed by atoms with van der Waals surface area (Å²) in [5.74, 6) is 1.30. The molecule has 0 spiro atoms. The van der Waals surface area contributed by atoms with Crippen LogP contribution in [0.5, 0.6) is 17.2 Å². The van der Waals surface area contributed by atoms with E-state index in [1.807, 2.05) is 30.3 Å². The van der Waals surface area contributed by atoms with Crippen LogP contribution in [-0.4, -0.2) is 31.4 Å². The normalized spacial score (nSPS) is 15.7. The van der Waals surface area contributed by atoms with Gasteiger partial charge in [0, 0.05) is 30.6 Å². The number of nitrogens with two attached hydrogens (primary N) is 1. The zero-order valence-corrected chi connectivity index (χ0v) is 14.7. The van der Waals surface area contributed by atoms with Crippen LogP contribution >= 0.6 is 0 Å². The molecule has 0 fully saturated rings. The van der Waals surface area contributed by atoms with Gasteiger partial charge in [-0.3, -0.25) is 4.79 Å². The Hall–Kier alpha value is -3.48. The Morgan fingerprint density at radius 1 is 1.26 bits per heavy atom. The maximum Gasteiger partial charge on any atom is 0.264 e. The summed E-state index contributed by atoms with van der Waals surface area (Å²) in [5, 5.41) is 9.85. The molecule has 7 nitrogen and oxygen atoms in total. The quantitative estimate of drug-likeness (QED) is 0.649. The highest BCUT2D eigenvalue weighted by atomic mass is 16.6. The summed E-state index contributed by atoms with van der Waals surface area (Å²) in [5.41, 5.74) is 6.92. The standard InChI is InChI=1S/C20H21N3O4/c21-9-15(10-22)11-23-20(24)19-13-26-17-7-6-16(8-18(17)27-19)25-12-14-4-2-1-3-5-14/h1-10,19,21H,11-13,22H2,(H,23,24). The molecule has 2 aromatic carbocycles. The number of benzene rings is 2. The van der Waals surface area contributed by atoms with Crippen molar-refractivity contribution >= 4 is 12.1 Å². The van der Waals surface area contributed by atoms with Crippen molar-refractivity contribution in [1.29, 1.82) is 5.41 Å². The van der Waals surface area contributed by atoms with Crippen LogP contribution < -0.4 is 25.3 Å². The predicted molar refractivity (Wildman–Crippen MR) is 101 cm³/mol. The van der Waals surface area contributed by atoms with E-state index in [4.69, 9.17) is 25.4 Å². The Labute approximate surface area is 157 Å². The van der Waals surface area contributed by atoms with Crippen molar-refractivity contribution in [3.63, 3.8) is 0 Å².